The molecule has 3 aromatic rings. The van der Waals surface area contributed by atoms with Gasteiger partial charge in [-0.1, -0.05) is 23.7 Å². The van der Waals surface area contributed by atoms with Crippen LogP contribution in [0.5, 0.6) is 5.75 Å². The van der Waals surface area contributed by atoms with Crippen molar-refractivity contribution in [2.45, 2.75) is 6.42 Å². The fourth-order valence-electron chi connectivity index (χ4n) is 2.51. The first kappa shape index (κ1) is 18.7. The standard InChI is InChI=1S/C21H20ClN3O2/c1-27-19-9-2-15(3-10-19)12-13-23-21(26)20-11-8-18(14-24-20)25-17-6-4-16(22)5-7-17/h2-11,14,25H,12-13H2,1H3,(H,23,26). The predicted octanol–water partition coefficient (Wildman–Crippen LogP) is 4.46. The van der Waals surface area contributed by atoms with Gasteiger partial charge in [0.05, 0.1) is 19.0 Å². The lowest BCUT2D eigenvalue weighted by molar-refractivity contribution is 0.0949. The summed E-state index contributed by atoms with van der Waals surface area (Å²) in [6.07, 6.45) is 2.37. The van der Waals surface area contributed by atoms with Crippen LogP contribution in [0.2, 0.25) is 5.02 Å². The van der Waals surface area contributed by atoms with Crippen molar-refractivity contribution in [3.05, 3.63) is 83.1 Å². The number of rotatable bonds is 7. The fraction of sp³-hybridized carbons (Fsp3) is 0.143. The quantitative estimate of drug-likeness (QED) is 0.634. The number of pyridine rings is 1. The first-order chi connectivity index (χ1) is 13.1. The van der Waals surface area contributed by atoms with Gasteiger partial charge in [-0.15, -0.1) is 0 Å². The smallest absolute Gasteiger partial charge is 0.269 e. The molecule has 1 aromatic heterocycles. The van der Waals surface area contributed by atoms with Crippen LogP contribution in [0.15, 0.2) is 66.9 Å². The molecule has 3 rings (SSSR count). The van der Waals surface area contributed by atoms with E-state index in [2.05, 4.69) is 15.6 Å². The van der Waals surface area contributed by atoms with Gasteiger partial charge in [-0.3, -0.25) is 4.79 Å². The highest BCUT2D eigenvalue weighted by Gasteiger charge is 2.07. The third kappa shape index (κ3) is 5.46. The Morgan fingerprint density at radius 2 is 1.70 bits per heavy atom. The summed E-state index contributed by atoms with van der Waals surface area (Å²) >= 11 is 5.87. The molecule has 0 atom stereocenters. The topological polar surface area (TPSA) is 63.2 Å². The second kappa shape index (κ2) is 9.05. The van der Waals surface area contributed by atoms with Gasteiger partial charge >= 0.3 is 0 Å². The summed E-state index contributed by atoms with van der Waals surface area (Å²) in [5, 5.41) is 6.77. The lowest BCUT2D eigenvalue weighted by Gasteiger charge is -2.08. The molecule has 0 radical (unpaired) electrons. The molecule has 6 heteroatoms. The minimum Gasteiger partial charge on any atom is -0.497 e. The van der Waals surface area contributed by atoms with E-state index in [1.807, 2.05) is 54.6 Å². The van der Waals surface area contributed by atoms with Crippen LogP contribution in [0, 0.1) is 0 Å². The zero-order valence-corrected chi connectivity index (χ0v) is 15.7. The van der Waals surface area contributed by atoms with Crippen molar-refractivity contribution in [1.82, 2.24) is 10.3 Å². The van der Waals surface area contributed by atoms with Crippen molar-refractivity contribution in [2.75, 3.05) is 19.0 Å². The third-order valence-electron chi connectivity index (χ3n) is 3.99. The van der Waals surface area contributed by atoms with Gasteiger partial charge in [-0.25, -0.2) is 4.98 Å². The van der Waals surface area contributed by atoms with Gasteiger partial charge in [0, 0.05) is 17.3 Å². The maximum atomic E-state index is 12.2. The second-order valence-corrected chi connectivity index (χ2v) is 6.35. The van der Waals surface area contributed by atoms with E-state index in [1.165, 1.54) is 0 Å². The number of nitrogens with one attached hydrogen (secondary N) is 2. The monoisotopic (exact) mass is 381 g/mol. The summed E-state index contributed by atoms with van der Waals surface area (Å²) in [5.74, 6) is 0.626. The molecule has 0 fully saturated rings. The number of amides is 1. The van der Waals surface area contributed by atoms with E-state index < -0.39 is 0 Å². The van der Waals surface area contributed by atoms with Gasteiger partial charge in [0.25, 0.3) is 5.91 Å². The molecule has 138 valence electrons. The highest BCUT2D eigenvalue weighted by Crippen LogP contribution is 2.18. The Labute approximate surface area is 163 Å². The van der Waals surface area contributed by atoms with Crippen LogP contribution < -0.4 is 15.4 Å². The zero-order chi connectivity index (χ0) is 19.1. The molecule has 0 bridgehead atoms. The van der Waals surface area contributed by atoms with Crippen LogP contribution in [-0.4, -0.2) is 24.5 Å². The molecule has 1 amide bonds. The highest BCUT2D eigenvalue weighted by molar-refractivity contribution is 6.30. The zero-order valence-electron chi connectivity index (χ0n) is 14.9. The Morgan fingerprint density at radius 3 is 2.33 bits per heavy atom. The highest BCUT2D eigenvalue weighted by atomic mass is 35.5. The summed E-state index contributed by atoms with van der Waals surface area (Å²) in [4.78, 5) is 16.4. The number of ether oxygens (including phenoxy) is 1. The predicted molar refractivity (Wildman–Crippen MR) is 108 cm³/mol. The Morgan fingerprint density at radius 1 is 1.00 bits per heavy atom. The van der Waals surface area contributed by atoms with Gasteiger partial charge in [0.1, 0.15) is 11.4 Å². The minimum atomic E-state index is -0.193. The van der Waals surface area contributed by atoms with Crippen molar-refractivity contribution in [3.8, 4) is 5.75 Å². The molecule has 0 aliphatic carbocycles. The van der Waals surface area contributed by atoms with Crippen molar-refractivity contribution in [2.24, 2.45) is 0 Å². The molecule has 0 spiro atoms. The number of anilines is 2. The number of carbonyl (C=O) groups is 1. The summed E-state index contributed by atoms with van der Waals surface area (Å²) < 4.78 is 5.13. The van der Waals surface area contributed by atoms with Gasteiger partial charge in [-0.2, -0.15) is 0 Å². The molecule has 5 nitrogen and oxygen atoms in total. The van der Waals surface area contributed by atoms with Gasteiger partial charge in [0.15, 0.2) is 0 Å². The van der Waals surface area contributed by atoms with Crippen LogP contribution in [0.25, 0.3) is 0 Å². The number of nitrogens with zero attached hydrogens (tertiary/aromatic N) is 1. The summed E-state index contributed by atoms with van der Waals surface area (Å²) in [7, 11) is 1.64. The number of aromatic nitrogens is 1. The van der Waals surface area contributed by atoms with Crippen LogP contribution in [0.1, 0.15) is 16.1 Å². The van der Waals surface area contributed by atoms with E-state index in [1.54, 1.807) is 19.4 Å². The summed E-state index contributed by atoms with van der Waals surface area (Å²) in [6.45, 7) is 0.539. The van der Waals surface area contributed by atoms with Crippen LogP contribution in [0.3, 0.4) is 0 Å². The SMILES string of the molecule is COc1ccc(CCNC(=O)c2ccc(Nc3ccc(Cl)cc3)cn2)cc1. The Hall–Kier alpha value is -3.05. The third-order valence-corrected chi connectivity index (χ3v) is 4.24. The Bertz CT molecular complexity index is 879. The Balaban J connectivity index is 1.50. The molecular formula is C21H20ClN3O2. The van der Waals surface area contributed by atoms with E-state index >= 15 is 0 Å². The van der Waals surface area contributed by atoms with E-state index in [0.29, 0.717) is 17.3 Å². The molecule has 2 N–H and O–H groups in total. The number of carbonyl (C=O) groups excluding carboxylic acids is 1. The van der Waals surface area contributed by atoms with Crippen LogP contribution >= 0.6 is 11.6 Å². The number of hydrogen-bond acceptors (Lipinski definition) is 4. The number of hydrogen-bond donors (Lipinski definition) is 2. The van der Waals surface area contributed by atoms with Gasteiger partial charge in [-0.05, 0) is 60.5 Å². The van der Waals surface area contributed by atoms with Crippen LogP contribution in [-0.2, 0) is 6.42 Å². The van der Waals surface area contributed by atoms with Crippen molar-refractivity contribution in [1.29, 1.82) is 0 Å². The maximum Gasteiger partial charge on any atom is 0.269 e. The van der Waals surface area contributed by atoms with Crippen molar-refractivity contribution < 1.29 is 9.53 Å². The van der Waals surface area contributed by atoms with Gasteiger partial charge < -0.3 is 15.4 Å². The Kier molecular flexibility index (Phi) is 6.28. The van der Waals surface area contributed by atoms with Crippen molar-refractivity contribution in [3.63, 3.8) is 0 Å². The second-order valence-electron chi connectivity index (χ2n) is 5.92. The van der Waals surface area contributed by atoms with E-state index in [9.17, 15) is 4.79 Å². The fourth-order valence-corrected chi connectivity index (χ4v) is 2.63. The van der Waals surface area contributed by atoms with E-state index in [-0.39, 0.29) is 5.91 Å². The normalized spacial score (nSPS) is 10.3. The number of methoxy groups -OCH3 is 1. The molecule has 0 saturated heterocycles. The molecule has 2 aromatic carbocycles. The largest absolute Gasteiger partial charge is 0.497 e. The van der Waals surface area contributed by atoms with Crippen LogP contribution in [0.4, 0.5) is 11.4 Å². The summed E-state index contributed by atoms with van der Waals surface area (Å²) in [6, 6.07) is 18.7. The summed E-state index contributed by atoms with van der Waals surface area (Å²) in [5.41, 5.74) is 3.21. The molecule has 0 aliphatic heterocycles. The van der Waals surface area contributed by atoms with E-state index in [4.69, 9.17) is 16.3 Å². The molecular weight excluding hydrogens is 362 g/mol. The van der Waals surface area contributed by atoms with E-state index in [0.717, 1.165) is 29.1 Å². The van der Waals surface area contributed by atoms with Gasteiger partial charge in [0.2, 0.25) is 0 Å². The number of halogens is 1. The lowest BCUT2D eigenvalue weighted by Crippen LogP contribution is -2.26. The maximum absolute atomic E-state index is 12.2. The molecule has 0 saturated carbocycles. The first-order valence-electron chi connectivity index (χ1n) is 8.54. The lowest BCUT2D eigenvalue weighted by atomic mass is 10.1. The first-order valence-corrected chi connectivity index (χ1v) is 8.91. The molecule has 0 aliphatic rings. The molecule has 1 heterocycles. The minimum absolute atomic E-state index is 0.193. The number of benzene rings is 2. The molecule has 0 unspecified atom stereocenters. The average Bonchev–Trinajstić information content (AvgIpc) is 2.71. The molecule has 27 heavy (non-hydrogen) atoms. The van der Waals surface area contributed by atoms with Crippen molar-refractivity contribution >= 4 is 28.9 Å². The average molecular weight is 382 g/mol.